The molecule has 1 aliphatic rings. The Labute approximate surface area is 85.5 Å². The van der Waals surface area contributed by atoms with Crippen LogP contribution < -0.4 is 5.32 Å². The quantitative estimate of drug-likeness (QED) is 0.774. The Morgan fingerprint density at radius 2 is 2.43 bits per heavy atom. The second kappa shape index (κ2) is 3.73. The fourth-order valence-corrected chi connectivity index (χ4v) is 2.55. The smallest absolute Gasteiger partial charge is 0.0945 e. The Balaban J connectivity index is 2.21. The zero-order chi connectivity index (χ0) is 10.1. The molecule has 2 heterocycles. The summed E-state index contributed by atoms with van der Waals surface area (Å²) in [5, 5.41) is 3.63. The van der Waals surface area contributed by atoms with Gasteiger partial charge in [0.2, 0.25) is 0 Å². The maximum absolute atomic E-state index is 4.20. The minimum atomic E-state index is 0.625. The molecule has 14 heavy (non-hydrogen) atoms. The monoisotopic (exact) mass is 193 g/mol. The predicted octanol–water partition coefficient (Wildman–Crippen LogP) is 1.66. The number of rotatable bonds is 2. The lowest BCUT2D eigenvalue weighted by Gasteiger charge is -2.17. The fourth-order valence-electron chi connectivity index (χ4n) is 2.55. The molecule has 1 aromatic heterocycles. The fraction of sp³-hybridized carbons (Fsp3) is 0.727. The molecule has 1 saturated heterocycles. The zero-order valence-corrected chi connectivity index (χ0v) is 9.20. The molecule has 0 aromatic carbocycles. The zero-order valence-electron chi connectivity index (χ0n) is 9.20. The first-order valence-corrected chi connectivity index (χ1v) is 5.44. The molecular weight excluding hydrogens is 174 g/mol. The molecule has 3 nitrogen and oxygen atoms in total. The van der Waals surface area contributed by atoms with Gasteiger partial charge in [0, 0.05) is 36.9 Å². The first kappa shape index (κ1) is 9.71. The molecule has 0 aliphatic carbocycles. The second-order valence-electron chi connectivity index (χ2n) is 4.35. The van der Waals surface area contributed by atoms with E-state index in [1.54, 1.807) is 0 Å². The highest BCUT2D eigenvalue weighted by molar-refractivity contribution is 5.13. The van der Waals surface area contributed by atoms with Gasteiger partial charge in [-0.05, 0) is 19.8 Å². The summed E-state index contributed by atoms with van der Waals surface area (Å²) in [5.74, 6) is 0.641. The van der Waals surface area contributed by atoms with Gasteiger partial charge in [0.15, 0.2) is 0 Å². The largest absolute Gasteiger partial charge is 0.337 e. The van der Waals surface area contributed by atoms with Crippen molar-refractivity contribution in [1.29, 1.82) is 0 Å². The van der Waals surface area contributed by atoms with E-state index >= 15 is 0 Å². The molecule has 0 amide bonds. The summed E-state index contributed by atoms with van der Waals surface area (Å²) in [6.07, 6.45) is 6.33. The Bertz CT molecular complexity index is 305. The van der Waals surface area contributed by atoms with Gasteiger partial charge in [-0.15, -0.1) is 0 Å². The first-order chi connectivity index (χ1) is 6.72. The molecule has 78 valence electrons. The summed E-state index contributed by atoms with van der Waals surface area (Å²) in [5.41, 5.74) is 1.37. The van der Waals surface area contributed by atoms with E-state index in [4.69, 9.17) is 0 Å². The van der Waals surface area contributed by atoms with Crippen LogP contribution in [-0.2, 0) is 7.05 Å². The van der Waals surface area contributed by atoms with Gasteiger partial charge in [0.1, 0.15) is 0 Å². The number of imidazole rings is 1. The SMILES string of the molecule is CCC1NC(C)CC1c1cncn1C. The van der Waals surface area contributed by atoms with E-state index in [1.165, 1.54) is 18.5 Å². The highest BCUT2D eigenvalue weighted by atomic mass is 15.1. The molecule has 0 saturated carbocycles. The molecule has 0 spiro atoms. The van der Waals surface area contributed by atoms with E-state index in [0.29, 0.717) is 18.0 Å². The van der Waals surface area contributed by atoms with Crippen molar-refractivity contribution in [3.63, 3.8) is 0 Å². The summed E-state index contributed by atoms with van der Waals surface area (Å²) in [4.78, 5) is 4.20. The summed E-state index contributed by atoms with van der Waals surface area (Å²) in [7, 11) is 2.08. The molecule has 1 aliphatic heterocycles. The maximum atomic E-state index is 4.20. The summed E-state index contributed by atoms with van der Waals surface area (Å²) in [6.45, 7) is 4.51. The standard InChI is InChI=1S/C11H19N3/c1-4-10-9(5-8(2)13-10)11-6-12-7-14(11)3/h6-10,13H,4-5H2,1-3H3. The summed E-state index contributed by atoms with van der Waals surface area (Å²) >= 11 is 0. The average molecular weight is 193 g/mol. The van der Waals surface area contributed by atoms with Crippen LogP contribution in [0.3, 0.4) is 0 Å². The molecule has 1 N–H and O–H groups in total. The normalized spacial score (nSPS) is 32.4. The molecule has 3 unspecified atom stereocenters. The minimum absolute atomic E-state index is 0.625. The number of aryl methyl sites for hydroxylation is 1. The second-order valence-corrected chi connectivity index (χ2v) is 4.35. The van der Waals surface area contributed by atoms with Gasteiger partial charge in [-0.1, -0.05) is 6.92 Å². The lowest BCUT2D eigenvalue weighted by atomic mass is 9.94. The van der Waals surface area contributed by atoms with Gasteiger partial charge in [0.25, 0.3) is 0 Å². The van der Waals surface area contributed by atoms with E-state index in [-0.39, 0.29) is 0 Å². The van der Waals surface area contributed by atoms with Crippen molar-refractivity contribution in [2.75, 3.05) is 0 Å². The Kier molecular flexibility index (Phi) is 2.59. The van der Waals surface area contributed by atoms with Gasteiger partial charge in [-0.2, -0.15) is 0 Å². The summed E-state index contributed by atoms with van der Waals surface area (Å²) in [6, 6.07) is 1.26. The topological polar surface area (TPSA) is 29.9 Å². The molecular formula is C11H19N3. The lowest BCUT2D eigenvalue weighted by molar-refractivity contribution is 0.504. The predicted molar refractivity (Wildman–Crippen MR) is 57.2 cm³/mol. The maximum Gasteiger partial charge on any atom is 0.0945 e. The third kappa shape index (κ3) is 1.57. The van der Waals surface area contributed by atoms with Crippen LogP contribution in [-0.4, -0.2) is 21.6 Å². The highest BCUT2D eigenvalue weighted by Crippen LogP contribution is 2.31. The van der Waals surface area contributed by atoms with Crippen LogP contribution in [0.25, 0.3) is 0 Å². The van der Waals surface area contributed by atoms with E-state index in [9.17, 15) is 0 Å². The molecule has 2 rings (SSSR count). The van der Waals surface area contributed by atoms with Gasteiger partial charge in [-0.25, -0.2) is 4.98 Å². The highest BCUT2D eigenvalue weighted by Gasteiger charge is 2.32. The van der Waals surface area contributed by atoms with Crippen molar-refractivity contribution in [1.82, 2.24) is 14.9 Å². The van der Waals surface area contributed by atoms with Crippen LogP contribution >= 0.6 is 0 Å². The Morgan fingerprint density at radius 1 is 1.64 bits per heavy atom. The van der Waals surface area contributed by atoms with Crippen LogP contribution in [0.4, 0.5) is 0 Å². The van der Waals surface area contributed by atoms with Gasteiger partial charge in [0.05, 0.1) is 6.33 Å². The number of nitrogens with one attached hydrogen (secondary N) is 1. The average Bonchev–Trinajstić information content (AvgIpc) is 2.71. The third-order valence-corrected chi connectivity index (χ3v) is 3.27. The Morgan fingerprint density at radius 3 is 3.00 bits per heavy atom. The number of aromatic nitrogens is 2. The third-order valence-electron chi connectivity index (χ3n) is 3.27. The summed E-state index contributed by atoms with van der Waals surface area (Å²) < 4.78 is 2.15. The van der Waals surface area contributed by atoms with Crippen molar-refractivity contribution >= 4 is 0 Å². The first-order valence-electron chi connectivity index (χ1n) is 5.44. The molecule has 3 heteroatoms. The van der Waals surface area contributed by atoms with Gasteiger partial charge < -0.3 is 9.88 Å². The number of hydrogen-bond donors (Lipinski definition) is 1. The van der Waals surface area contributed by atoms with Crippen molar-refractivity contribution in [3.05, 3.63) is 18.2 Å². The van der Waals surface area contributed by atoms with E-state index in [0.717, 1.165) is 0 Å². The molecule has 1 aromatic rings. The van der Waals surface area contributed by atoms with Crippen molar-refractivity contribution in [3.8, 4) is 0 Å². The molecule has 0 bridgehead atoms. The van der Waals surface area contributed by atoms with Gasteiger partial charge >= 0.3 is 0 Å². The van der Waals surface area contributed by atoms with Crippen molar-refractivity contribution in [2.45, 2.75) is 44.7 Å². The van der Waals surface area contributed by atoms with Gasteiger partial charge in [-0.3, -0.25) is 0 Å². The van der Waals surface area contributed by atoms with E-state index < -0.39 is 0 Å². The van der Waals surface area contributed by atoms with E-state index in [2.05, 4.69) is 35.8 Å². The number of hydrogen-bond acceptors (Lipinski definition) is 2. The molecule has 3 atom stereocenters. The van der Waals surface area contributed by atoms with Crippen LogP contribution in [0.5, 0.6) is 0 Å². The van der Waals surface area contributed by atoms with Crippen LogP contribution in [0.2, 0.25) is 0 Å². The van der Waals surface area contributed by atoms with E-state index in [1.807, 2.05) is 12.5 Å². The van der Waals surface area contributed by atoms with Crippen LogP contribution in [0, 0.1) is 0 Å². The van der Waals surface area contributed by atoms with Crippen molar-refractivity contribution < 1.29 is 0 Å². The molecule has 0 radical (unpaired) electrons. The minimum Gasteiger partial charge on any atom is -0.337 e. The Hall–Kier alpha value is -0.830. The molecule has 1 fully saturated rings. The van der Waals surface area contributed by atoms with Crippen LogP contribution in [0.1, 0.15) is 38.3 Å². The van der Waals surface area contributed by atoms with Crippen LogP contribution in [0.15, 0.2) is 12.5 Å². The lowest BCUT2D eigenvalue weighted by Crippen LogP contribution is -2.29. The van der Waals surface area contributed by atoms with Crippen molar-refractivity contribution in [2.24, 2.45) is 7.05 Å². The number of nitrogens with zero attached hydrogens (tertiary/aromatic N) is 2.